The minimum Gasteiger partial charge on any atom is -0.463 e. The maximum atomic E-state index is 11.3. The van der Waals surface area contributed by atoms with Crippen molar-refractivity contribution >= 4 is 13.8 Å². The Kier molecular flexibility index (Phi) is 21.7. The van der Waals surface area contributed by atoms with Crippen LogP contribution in [-0.2, 0) is 33.2 Å². The van der Waals surface area contributed by atoms with E-state index in [0.29, 0.717) is 79.1 Å². The van der Waals surface area contributed by atoms with Gasteiger partial charge in [-0.3, -0.25) is 4.79 Å². The minimum atomic E-state index is -0.155. The summed E-state index contributed by atoms with van der Waals surface area (Å²) in [6, 6.07) is 0. The summed E-state index contributed by atoms with van der Waals surface area (Å²) in [4.78, 5) is 11.3. The Hall–Kier alpha value is -0.705. The van der Waals surface area contributed by atoms with Gasteiger partial charge in [-0.05, 0) is 6.42 Å². The molecule has 0 radical (unpaired) electrons. The predicted octanol–water partition coefficient (Wildman–Crippen LogP) is -0.173. The fourth-order valence-electron chi connectivity index (χ4n) is 1.85. The molecule has 8 nitrogen and oxygen atoms in total. The van der Waals surface area contributed by atoms with E-state index in [1.807, 2.05) is 0 Å². The molecule has 1 N–H and O–H groups in total. The summed E-state index contributed by atoms with van der Waals surface area (Å²) in [6.45, 7) is 4.95. The maximum Gasteiger partial charge on any atom is 0.305 e. The van der Waals surface area contributed by atoms with Crippen molar-refractivity contribution in [3.05, 3.63) is 0 Å². The zero-order chi connectivity index (χ0) is 19.1. The fourth-order valence-corrected chi connectivity index (χ4v) is 1.85. The van der Waals surface area contributed by atoms with E-state index in [-0.39, 0.29) is 12.6 Å². The summed E-state index contributed by atoms with van der Waals surface area (Å²) >= 11 is 0. The quantitative estimate of drug-likeness (QED) is 0.167. The van der Waals surface area contributed by atoms with Gasteiger partial charge in [-0.1, -0.05) is 12.7 Å². The number of rotatable bonds is 21. The number of carbonyl (C=O) groups excluding carboxylic acids is 1. The van der Waals surface area contributed by atoms with E-state index >= 15 is 0 Å². The van der Waals surface area contributed by atoms with E-state index in [1.165, 1.54) is 0 Å². The third-order valence-corrected chi connectivity index (χ3v) is 3.20. The van der Waals surface area contributed by atoms with Crippen LogP contribution in [-0.4, -0.2) is 98.2 Å². The Morgan fingerprint density at radius 1 is 0.654 bits per heavy atom. The summed E-state index contributed by atoms with van der Waals surface area (Å²) in [5.41, 5.74) is 0. The van der Waals surface area contributed by atoms with E-state index < -0.39 is 0 Å². The SMILES string of the molecule is BCCCCC(=O)OCCOCCOCCOCCOCCOCCO. The molecule has 0 aliphatic heterocycles. The largest absolute Gasteiger partial charge is 0.463 e. The monoisotopic (exact) mass is 378 g/mol. The Morgan fingerprint density at radius 3 is 1.50 bits per heavy atom. The van der Waals surface area contributed by atoms with Crippen molar-refractivity contribution in [1.82, 2.24) is 0 Å². The fraction of sp³-hybridized carbons (Fsp3) is 0.941. The van der Waals surface area contributed by atoms with Gasteiger partial charge in [0.15, 0.2) is 0 Å². The molecule has 26 heavy (non-hydrogen) atoms. The van der Waals surface area contributed by atoms with Crippen molar-refractivity contribution in [2.45, 2.75) is 25.6 Å². The molecule has 0 aromatic heterocycles. The first-order valence-corrected chi connectivity index (χ1v) is 9.46. The lowest BCUT2D eigenvalue weighted by Crippen LogP contribution is -2.15. The molecule has 0 fully saturated rings. The maximum absolute atomic E-state index is 11.3. The number of aliphatic hydroxyl groups is 1. The summed E-state index contributed by atoms with van der Waals surface area (Å²) in [6.07, 6.45) is 3.52. The second-order valence-electron chi connectivity index (χ2n) is 5.46. The molecule has 9 heteroatoms. The molecule has 154 valence electrons. The highest BCUT2D eigenvalue weighted by molar-refractivity contribution is 6.08. The highest BCUT2D eigenvalue weighted by Crippen LogP contribution is 1.99. The molecule has 0 aliphatic carbocycles. The lowest BCUT2D eigenvalue weighted by atomic mass is 10.00. The molecule has 0 unspecified atom stereocenters. The zero-order valence-electron chi connectivity index (χ0n) is 16.1. The normalized spacial score (nSPS) is 11.0. The van der Waals surface area contributed by atoms with Crippen LogP contribution in [0.4, 0.5) is 0 Å². The third-order valence-electron chi connectivity index (χ3n) is 3.20. The third kappa shape index (κ3) is 21.3. The molecule has 0 heterocycles. The summed E-state index contributed by atoms with van der Waals surface area (Å²) in [7, 11) is 2.10. The van der Waals surface area contributed by atoms with Crippen molar-refractivity contribution in [3.8, 4) is 0 Å². The van der Waals surface area contributed by atoms with Gasteiger partial charge in [-0.15, -0.1) is 0 Å². The second kappa shape index (κ2) is 22.3. The van der Waals surface area contributed by atoms with E-state index in [9.17, 15) is 4.79 Å². The smallest absolute Gasteiger partial charge is 0.305 e. The first kappa shape index (κ1) is 25.3. The number of carbonyl (C=O) groups is 1. The van der Waals surface area contributed by atoms with Crippen LogP contribution in [0.1, 0.15) is 19.3 Å². The molecule has 0 saturated carbocycles. The molecule has 0 spiro atoms. The number of aliphatic hydroxyl groups excluding tert-OH is 1. The number of hydrogen-bond donors (Lipinski definition) is 1. The first-order valence-electron chi connectivity index (χ1n) is 9.46. The standard InChI is InChI=1S/C17H35BO8/c18-4-2-1-3-17(20)26-16-15-25-14-13-24-12-11-23-10-9-22-8-7-21-6-5-19/h19H,1-16,18H2. The molecule has 0 saturated heterocycles. The Labute approximate surface area is 157 Å². The predicted molar refractivity (Wildman–Crippen MR) is 99.3 cm³/mol. The van der Waals surface area contributed by atoms with Crippen molar-refractivity contribution in [2.75, 3.05) is 79.3 Å². The summed E-state index contributed by atoms with van der Waals surface area (Å²) in [5.74, 6) is -0.155. The van der Waals surface area contributed by atoms with Gasteiger partial charge < -0.3 is 33.5 Å². The Balaban J connectivity index is 3.06. The van der Waals surface area contributed by atoms with Gasteiger partial charge in [0.05, 0.1) is 72.7 Å². The number of hydrogen-bond acceptors (Lipinski definition) is 8. The molecule has 0 aromatic rings. The van der Waals surface area contributed by atoms with Gasteiger partial charge in [-0.25, -0.2) is 0 Å². The molecule has 0 amide bonds. The van der Waals surface area contributed by atoms with Gasteiger partial charge in [-0.2, -0.15) is 0 Å². The van der Waals surface area contributed by atoms with Crippen LogP contribution in [0.25, 0.3) is 0 Å². The van der Waals surface area contributed by atoms with Crippen LogP contribution in [0.3, 0.4) is 0 Å². The van der Waals surface area contributed by atoms with E-state index in [1.54, 1.807) is 0 Å². The van der Waals surface area contributed by atoms with Crippen molar-refractivity contribution in [2.24, 2.45) is 0 Å². The first-order chi connectivity index (χ1) is 12.8. The Bertz CT molecular complexity index is 294. The highest BCUT2D eigenvalue weighted by Gasteiger charge is 2.01. The lowest BCUT2D eigenvalue weighted by molar-refractivity contribution is -0.145. The molecule has 0 rings (SSSR count). The second-order valence-corrected chi connectivity index (χ2v) is 5.46. The average Bonchev–Trinajstić information content (AvgIpc) is 2.64. The van der Waals surface area contributed by atoms with Gasteiger partial charge in [0.2, 0.25) is 0 Å². The summed E-state index contributed by atoms with van der Waals surface area (Å²) in [5, 5.41) is 8.51. The van der Waals surface area contributed by atoms with Gasteiger partial charge in [0.25, 0.3) is 0 Å². The average molecular weight is 378 g/mol. The number of ether oxygens (including phenoxy) is 6. The topological polar surface area (TPSA) is 92.7 Å². The number of unbranched alkanes of at least 4 members (excludes halogenated alkanes) is 1. The molecule has 0 atom stereocenters. The van der Waals surface area contributed by atoms with Gasteiger partial charge in [0.1, 0.15) is 14.5 Å². The molecule has 0 aliphatic rings. The highest BCUT2D eigenvalue weighted by atomic mass is 16.6. The van der Waals surface area contributed by atoms with Gasteiger partial charge >= 0.3 is 5.97 Å². The summed E-state index contributed by atoms with van der Waals surface area (Å²) < 4.78 is 31.4. The van der Waals surface area contributed by atoms with Crippen LogP contribution in [0.5, 0.6) is 0 Å². The molecular weight excluding hydrogens is 343 g/mol. The van der Waals surface area contributed by atoms with Crippen molar-refractivity contribution in [3.63, 3.8) is 0 Å². The minimum absolute atomic E-state index is 0.0285. The van der Waals surface area contributed by atoms with Crippen LogP contribution in [0.2, 0.25) is 6.32 Å². The van der Waals surface area contributed by atoms with Crippen LogP contribution in [0, 0.1) is 0 Å². The van der Waals surface area contributed by atoms with Crippen molar-refractivity contribution < 1.29 is 38.3 Å². The number of esters is 1. The lowest BCUT2D eigenvalue weighted by Gasteiger charge is -2.08. The van der Waals surface area contributed by atoms with Crippen molar-refractivity contribution in [1.29, 1.82) is 0 Å². The van der Waals surface area contributed by atoms with Gasteiger partial charge in [0, 0.05) is 6.42 Å². The van der Waals surface area contributed by atoms with E-state index in [0.717, 1.165) is 19.2 Å². The van der Waals surface area contributed by atoms with E-state index in [2.05, 4.69) is 7.85 Å². The van der Waals surface area contributed by atoms with Crippen LogP contribution < -0.4 is 0 Å². The van der Waals surface area contributed by atoms with E-state index in [4.69, 9.17) is 33.5 Å². The zero-order valence-corrected chi connectivity index (χ0v) is 16.1. The van der Waals surface area contributed by atoms with Crippen LogP contribution in [0.15, 0.2) is 0 Å². The van der Waals surface area contributed by atoms with Crippen LogP contribution >= 0.6 is 0 Å². The molecule has 0 aromatic carbocycles. The Morgan fingerprint density at radius 2 is 1.08 bits per heavy atom. The molecular formula is C17H35BO8. The molecule has 0 bridgehead atoms.